The molecule has 21 heavy (non-hydrogen) atoms. The smallest absolute Gasteiger partial charge is 0.144 e. The van der Waals surface area contributed by atoms with Gasteiger partial charge in [0.2, 0.25) is 0 Å². The van der Waals surface area contributed by atoms with E-state index >= 15 is 0 Å². The molecule has 0 radical (unpaired) electrons. The molecule has 2 rings (SSSR count). The minimum absolute atomic E-state index is 0.722. The molecule has 0 aliphatic carbocycles. The van der Waals surface area contributed by atoms with Crippen LogP contribution < -0.4 is 5.32 Å². The molecule has 0 bridgehead atoms. The van der Waals surface area contributed by atoms with Crippen LogP contribution in [0, 0.1) is 6.92 Å². The number of hydrogen-bond acceptors (Lipinski definition) is 5. The summed E-state index contributed by atoms with van der Waals surface area (Å²) in [4.78, 5) is 11.4. The highest BCUT2D eigenvalue weighted by Gasteiger charge is 2.10. The minimum Gasteiger partial charge on any atom is -0.468 e. The Morgan fingerprint density at radius 1 is 1.24 bits per heavy atom. The maximum atomic E-state index is 5.41. The third-order valence-corrected chi connectivity index (χ3v) is 3.23. The zero-order valence-electron chi connectivity index (χ0n) is 13.1. The molecule has 114 valence electrons. The van der Waals surface area contributed by atoms with Gasteiger partial charge in [-0.05, 0) is 32.0 Å². The zero-order valence-corrected chi connectivity index (χ0v) is 13.1. The van der Waals surface area contributed by atoms with Gasteiger partial charge in [0.15, 0.2) is 0 Å². The van der Waals surface area contributed by atoms with E-state index in [9.17, 15) is 0 Å². The Hall–Kier alpha value is -1.88. The van der Waals surface area contributed by atoms with E-state index in [1.54, 1.807) is 6.26 Å². The van der Waals surface area contributed by atoms with Crippen molar-refractivity contribution >= 4 is 5.82 Å². The second-order valence-corrected chi connectivity index (χ2v) is 5.12. The number of aromatic nitrogens is 2. The summed E-state index contributed by atoms with van der Waals surface area (Å²) in [6, 6.07) is 5.90. The van der Waals surface area contributed by atoms with Crippen LogP contribution in [0.5, 0.6) is 0 Å². The van der Waals surface area contributed by atoms with Gasteiger partial charge in [-0.3, -0.25) is 4.90 Å². The fraction of sp³-hybridized carbons (Fsp3) is 0.500. The molecule has 0 fully saturated rings. The Labute approximate surface area is 126 Å². The first-order chi connectivity index (χ1) is 10.2. The molecule has 0 aliphatic heterocycles. The second kappa shape index (κ2) is 7.78. The highest BCUT2D eigenvalue weighted by Crippen LogP contribution is 2.11. The quantitative estimate of drug-likeness (QED) is 0.808. The minimum atomic E-state index is 0.722. The maximum absolute atomic E-state index is 5.41. The van der Waals surface area contributed by atoms with E-state index in [1.807, 2.05) is 25.1 Å². The van der Waals surface area contributed by atoms with Gasteiger partial charge in [0.05, 0.1) is 19.4 Å². The number of rotatable bonds is 8. The van der Waals surface area contributed by atoms with Crippen LogP contribution in [-0.4, -0.2) is 28.0 Å². The van der Waals surface area contributed by atoms with Crippen LogP contribution in [0.1, 0.15) is 37.5 Å². The number of furan rings is 1. The van der Waals surface area contributed by atoms with E-state index in [0.29, 0.717) is 0 Å². The van der Waals surface area contributed by atoms with Gasteiger partial charge < -0.3 is 9.73 Å². The van der Waals surface area contributed by atoms with Crippen LogP contribution >= 0.6 is 0 Å². The highest BCUT2D eigenvalue weighted by molar-refractivity contribution is 5.35. The van der Waals surface area contributed by atoms with Crippen molar-refractivity contribution in [2.45, 2.75) is 40.3 Å². The maximum Gasteiger partial charge on any atom is 0.144 e. The van der Waals surface area contributed by atoms with E-state index in [1.165, 1.54) is 0 Å². The van der Waals surface area contributed by atoms with Gasteiger partial charge in [-0.15, -0.1) is 0 Å². The van der Waals surface area contributed by atoms with Crippen LogP contribution in [0.25, 0.3) is 0 Å². The van der Waals surface area contributed by atoms with E-state index in [0.717, 1.165) is 55.7 Å². The normalized spacial score (nSPS) is 11.0. The molecule has 5 heteroatoms. The Morgan fingerprint density at radius 2 is 2.10 bits per heavy atom. The van der Waals surface area contributed by atoms with Gasteiger partial charge in [-0.25, -0.2) is 9.97 Å². The average Bonchev–Trinajstić information content (AvgIpc) is 2.96. The van der Waals surface area contributed by atoms with Gasteiger partial charge in [-0.2, -0.15) is 0 Å². The Balaban J connectivity index is 2.04. The summed E-state index contributed by atoms with van der Waals surface area (Å²) in [5, 5.41) is 3.32. The monoisotopic (exact) mass is 288 g/mol. The third kappa shape index (κ3) is 4.86. The molecule has 0 aliphatic rings. The molecule has 2 aromatic heterocycles. The van der Waals surface area contributed by atoms with Crippen molar-refractivity contribution in [2.24, 2.45) is 0 Å². The highest BCUT2D eigenvalue weighted by atomic mass is 16.3. The summed E-state index contributed by atoms with van der Waals surface area (Å²) < 4.78 is 5.41. The molecule has 0 saturated heterocycles. The van der Waals surface area contributed by atoms with Crippen molar-refractivity contribution in [2.75, 3.05) is 18.4 Å². The number of nitrogens with one attached hydrogen (secondary N) is 1. The Morgan fingerprint density at radius 3 is 2.76 bits per heavy atom. The summed E-state index contributed by atoms with van der Waals surface area (Å²) in [7, 11) is 0. The van der Waals surface area contributed by atoms with Crippen molar-refractivity contribution in [1.29, 1.82) is 0 Å². The number of anilines is 1. The summed E-state index contributed by atoms with van der Waals surface area (Å²) in [6.07, 6.45) is 2.79. The topological polar surface area (TPSA) is 54.2 Å². The van der Waals surface area contributed by atoms with Gasteiger partial charge in [0.25, 0.3) is 0 Å². The van der Waals surface area contributed by atoms with Crippen molar-refractivity contribution in [3.05, 3.63) is 41.7 Å². The summed E-state index contributed by atoms with van der Waals surface area (Å²) in [6.45, 7) is 9.64. The zero-order chi connectivity index (χ0) is 15.1. The molecular formula is C16H24N4O. The standard InChI is InChI=1S/C16H24N4O/c1-4-8-17-15-10-13(3)18-16(19-15)12-20(5-2)11-14-7-6-9-21-14/h6-7,9-10H,4-5,8,11-12H2,1-3H3,(H,17,18,19). The molecule has 0 aromatic carbocycles. The molecule has 0 unspecified atom stereocenters. The second-order valence-electron chi connectivity index (χ2n) is 5.12. The summed E-state index contributed by atoms with van der Waals surface area (Å²) >= 11 is 0. The van der Waals surface area contributed by atoms with E-state index < -0.39 is 0 Å². The predicted molar refractivity (Wildman–Crippen MR) is 84.0 cm³/mol. The molecular weight excluding hydrogens is 264 g/mol. The Bertz CT molecular complexity index is 539. The van der Waals surface area contributed by atoms with Crippen LogP contribution in [0.4, 0.5) is 5.82 Å². The number of nitrogens with zero attached hydrogens (tertiary/aromatic N) is 3. The number of aryl methyl sites for hydroxylation is 1. The van der Waals surface area contributed by atoms with Crippen molar-refractivity contribution in [3.63, 3.8) is 0 Å². The lowest BCUT2D eigenvalue weighted by Gasteiger charge is -2.18. The molecule has 0 spiro atoms. The SMILES string of the molecule is CCCNc1cc(C)nc(CN(CC)Cc2ccco2)n1. The largest absolute Gasteiger partial charge is 0.468 e. The van der Waals surface area contributed by atoms with Gasteiger partial charge in [0, 0.05) is 18.3 Å². The lowest BCUT2D eigenvalue weighted by molar-refractivity contribution is 0.242. The summed E-state index contributed by atoms with van der Waals surface area (Å²) in [5.74, 6) is 2.73. The molecule has 2 aromatic rings. The van der Waals surface area contributed by atoms with Gasteiger partial charge in [-0.1, -0.05) is 13.8 Å². The lowest BCUT2D eigenvalue weighted by atomic mass is 10.3. The summed E-state index contributed by atoms with van der Waals surface area (Å²) in [5.41, 5.74) is 0.993. The first-order valence-electron chi connectivity index (χ1n) is 7.54. The molecule has 5 nitrogen and oxygen atoms in total. The molecule has 2 heterocycles. The third-order valence-electron chi connectivity index (χ3n) is 3.23. The van der Waals surface area contributed by atoms with Crippen LogP contribution in [-0.2, 0) is 13.1 Å². The van der Waals surface area contributed by atoms with Crippen molar-refractivity contribution < 1.29 is 4.42 Å². The molecule has 1 N–H and O–H groups in total. The fourth-order valence-corrected chi connectivity index (χ4v) is 2.15. The van der Waals surface area contributed by atoms with Gasteiger partial charge >= 0.3 is 0 Å². The predicted octanol–water partition coefficient (Wildman–Crippen LogP) is 3.22. The lowest BCUT2D eigenvalue weighted by Crippen LogP contribution is -2.23. The van der Waals surface area contributed by atoms with Crippen molar-refractivity contribution in [1.82, 2.24) is 14.9 Å². The van der Waals surface area contributed by atoms with E-state index in [-0.39, 0.29) is 0 Å². The van der Waals surface area contributed by atoms with Crippen LogP contribution in [0.3, 0.4) is 0 Å². The molecule has 0 atom stereocenters. The number of hydrogen-bond donors (Lipinski definition) is 1. The first-order valence-corrected chi connectivity index (χ1v) is 7.54. The van der Waals surface area contributed by atoms with Crippen LogP contribution in [0.2, 0.25) is 0 Å². The van der Waals surface area contributed by atoms with Gasteiger partial charge in [0.1, 0.15) is 17.4 Å². The Kier molecular flexibility index (Phi) is 5.75. The fourth-order valence-electron chi connectivity index (χ4n) is 2.15. The van der Waals surface area contributed by atoms with Crippen molar-refractivity contribution in [3.8, 4) is 0 Å². The van der Waals surface area contributed by atoms with E-state index in [4.69, 9.17) is 4.42 Å². The van der Waals surface area contributed by atoms with E-state index in [2.05, 4.69) is 34.0 Å². The molecule has 0 amide bonds. The van der Waals surface area contributed by atoms with Crippen LogP contribution in [0.15, 0.2) is 28.9 Å². The molecule has 0 saturated carbocycles. The first kappa shape index (κ1) is 15.5. The average molecular weight is 288 g/mol.